The first-order valence-corrected chi connectivity index (χ1v) is 4.27. The van der Waals surface area contributed by atoms with Crippen LogP contribution in [0.4, 0.5) is 0 Å². The van der Waals surface area contributed by atoms with Crippen LogP contribution in [-0.4, -0.2) is 24.3 Å². The summed E-state index contributed by atoms with van der Waals surface area (Å²) in [4.78, 5) is 10.7. The zero-order chi connectivity index (χ0) is 10.1. The number of carboxylic acids is 1. The summed E-state index contributed by atoms with van der Waals surface area (Å²) in [5.41, 5.74) is 0.836. The van der Waals surface area contributed by atoms with Crippen LogP contribution in [0.25, 0.3) is 0 Å². The van der Waals surface area contributed by atoms with E-state index in [1.807, 2.05) is 0 Å². The SMILES string of the molecule is COc1cccc2c1CC(C(=O)O)O2. The highest BCUT2D eigenvalue weighted by molar-refractivity contribution is 5.75. The number of carbonyl (C=O) groups is 1. The van der Waals surface area contributed by atoms with Gasteiger partial charge in [-0.25, -0.2) is 4.79 Å². The second-order valence-corrected chi connectivity index (χ2v) is 3.09. The summed E-state index contributed by atoms with van der Waals surface area (Å²) in [5, 5.41) is 8.78. The minimum Gasteiger partial charge on any atom is -0.496 e. The Labute approximate surface area is 81.1 Å². The summed E-state index contributed by atoms with van der Waals surface area (Å²) in [6, 6.07) is 5.33. The Balaban J connectivity index is 2.34. The van der Waals surface area contributed by atoms with Crippen LogP contribution < -0.4 is 9.47 Å². The number of hydrogen-bond donors (Lipinski definition) is 1. The topological polar surface area (TPSA) is 55.8 Å². The van der Waals surface area contributed by atoms with Crippen molar-refractivity contribution in [3.8, 4) is 11.5 Å². The zero-order valence-electron chi connectivity index (χ0n) is 7.69. The van der Waals surface area contributed by atoms with E-state index in [2.05, 4.69) is 0 Å². The van der Waals surface area contributed by atoms with E-state index in [0.717, 1.165) is 5.56 Å². The fourth-order valence-electron chi connectivity index (χ4n) is 1.57. The maximum atomic E-state index is 10.7. The average molecular weight is 194 g/mol. The quantitative estimate of drug-likeness (QED) is 0.765. The van der Waals surface area contributed by atoms with Gasteiger partial charge in [-0.05, 0) is 12.1 Å². The predicted molar refractivity (Wildman–Crippen MR) is 48.7 cm³/mol. The van der Waals surface area contributed by atoms with Crippen molar-refractivity contribution in [1.82, 2.24) is 0 Å². The van der Waals surface area contributed by atoms with Gasteiger partial charge in [-0.2, -0.15) is 0 Å². The average Bonchev–Trinajstić information content (AvgIpc) is 2.60. The molecule has 0 radical (unpaired) electrons. The molecule has 74 valence electrons. The third-order valence-electron chi connectivity index (χ3n) is 2.24. The third kappa shape index (κ3) is 1.28. The van der Waals surface area contributed by atoms with Crippen molar-refractivity contribution in [1.29, 1.82) is 0 Å². The number of benzene rings is 1. The van der Waals surface area contributed by atoms with Crippen molar-refractivity contribution >= 4 is 5.97 Å². The van der Waals surface area contributed by atoms with E-state index in [-0.39, 0.29) is 0 Å². The highest BCUT2D eigenvalue weighted by atomic mass is 16.5. The van der Waals surface area contributed by atoms with Gasteiger partial charge < -0.3 is 14.6 Å². The Bertz CT molecular complexity index is 372. The lowest BCUT2D eigenvalue weighted by Crippen LogP contribution is -2.24. The molecule has 1 atom stereocenters. The van der Waals surface area contributed by atoms with Gasteiger partial charge in [0, 0.05) is 12.0 Å². The first kappa shape index (κ1) is 8.87. The maximum absolute atomic E-state index is 10.7. The van der Waals surface area contributed by atoms with Crippen LogP contribution in [0.3, 0.4) is 0 Å². The molecule has 0 spiro atoms. The van der Waals surface area contributed by atoms with E-state index in [4.69, 9.17) is 14.6 Å². The molecular weight excluding hydrogens is 184 g/mol. The van der Waals surface area contributed by atoms with E-state index < -0.39 is 12.1 Å². The molecule has 1 heterocycles. The molecule has 1 N–H and O–H groups in total. The van der Waals surface area contributed by atoms with Crippen LogP contribution in [0.2, 0.25) is 0 Å². The molecule has 14 heavy (non-hydrogen) atoms. The summed E-state index contributed by atoms with van der Waals surface area (Å²) in [6.07, 6.45) is -0.407. The smallest absolute Gasteiger partial charge is 0.345 e. The highest BCUT2D eigenvalue weighted by Crippen LogP contribution is 2.35. The molecular formula is C10H10O4. The lowest BCUT2D eigenvalue weighted by molar-refractivity contribution is -0.144. The van der Waals surface area contributed by atoms with Crippen LogP contribution in [0.15, 0.2) is 18.2 Å². The molecule has 2 rings (SSSR count). The van der Waals surface area contributed by atoms with Crippen molar-refractivity contribution < 1.29 is 19.4 Å². The number of carboxylic acid groups (broad SMARTS) is 1. The van der Waals surface area contributed by atoms with E-state index in [9.17, 15) is 4.79 Å². The molecule has 0 saturated carbocycles. The number of aliphatic carboxylic acids is 1. The van der Waals surface area contributed by atoms with Crippen LogP contribution in [-0.2, 0) is 11.2 Å². The Morgan fingerprint density at radius 2 is 2.43 bits per heavy atom. The van der Waals surface area contributed by atoms with Gasteiger partial charge >= 0.3 is 5.97 Å². The molecule has 0 fully saturated rings. The van der Waals surface area contributed by atoms with Gasteiger partial charge in [-0.15, -0.1) is 0 Å². The first-order chi connectivity index (χ1) is 6.72. The second-order valence-electron chi connectivity index (χ2n) is 3.09. The molecule has 0 saturated heterocycles. The van der Waals surface area contributed by atoms with Gasteiger partial charge in [0.1, 0.15) is 11.5 Å². The normalized spacial score (nSPS) is 18.5. The second kappa shape index (κ2) is 3.21. The lowest BCUT2D eigenvalue weighted by Gasteiger charge is -2.03. The number of ether oxygens (including phenoxy) is 2. The molecule has 1 aliphatic heterocycles. The zero-order valence-corrected chi connectivity index (χ0v) is 7.69. The van der Waals surface area contributed by atoms with Crippen molar-refractivity contribution in [2.45, 2.75) is 12.5 Å². The van der Waals surface area contributed by atoms with E-state index in [0.29, 0.717) is 17.9 Å². The Kier molecular flexibility index (Phi) is 2.04. The molecule has 4 nitrogen and oxygen atoms in total. The Hall–Kier alpha value is -1.71. The highest BCUT2D eigenvalue weighted by Gasteiger charge is 2.30. The standard InChI is InChI=1S/C10H10O4/c1-13-7-3-2-4-8-6(7)5-9(14-8)10(11)12/h2-4,9H,5H2,1H3,(H,11,12). The van der Waals surface area contributed by atoms with Crippen molar-refractivity contribution in [3.63, 3.8) is 0 Å². The molecule has 1 unspecified atom stereocenters. The Morgan fingerprint density at radius 3 is 3.07 bits per heavy atom. The fourth-order valence-corrected chi connectivity index (χ4v) is 1.57. The largest absolute Gasteiger partial charge is 0.496 e. The van der Waals surface area contributed by atoms with Crippen molar-refractivity contribution in [2.24, 2.45) is 0 Å². The lowest BCUT2D eigenvalue weighted by atomic mass is 10.1. The van der Waals surface area contributed by atoms with Gasteiger partial charge in [0.05, 0.1) is 7.11 Å². The molecule has 0 amide bonds. The van der Waals surface area contributed by atoms with Crippen LogP contribution in [0, 0.1) is 0 Å². The molecule has 1 aromatic rings. The van der Waals surface area contributed by atoms with E-state index in [1.165, 1.54) is 0 Å². The van der Waals surface area contributed by atoms with E-state index in [1.54, 1.807) is 25.3 Å². The van der Waals surface area contributed by atoms with Crippen LogP contribution in [0.5, 0.6) is 11.5 Å². The molecule has 4 heteroatoms. The monoisotopic (exact) mass is 194 g/mol. The van der Waals surface area contributed by atoms with Crippen LogP contribution in [0.1, 0.15) is 5.56 Å². The van der Waals surface area contributed by atoms with Crippen molar-refractivity contribution in [2.75, 3.05) is 7.11 Å². The van der Waals surface area contributed by atoms with Gasteiger partial charge in [-0.1, -0.05) is 6.07 Å². The predicted octanol–water partition coefficient (Wildman–Crippen LogP) is 1.08. The van der Waals surface area contributed by atoms with Gasteiger partial charge in [0.2, 0.25) is 0 Å². The third-order valence-corrected chi connectivity index (χ3v) is 2.24. The minimum atomic E-state index is -0.941. The fraction of sp³-hybridized carbons (Fsp3) is 0.300. The molecule has 0 aromatic heterocycles. The molecule has 1 aliphatic rings. The summed E-state index contributed by atoms with van der Waals surface area (Å²) in [6.45, 7) is 0. The Morgan fingerprint density at radius 1 is 1.64 bits per heavy atom. The molecule has 1 aromatic carbocycles. The summed E-state index contributed by atoms with van der Waals surface area (Å²) in [5.74, 6) is 0.353. The van der Waals surface area contributed by atoms with Crippen molar-refractivity contribution in [3.05, 3.63) is 23.8 Å². The number of rotatable bonds is 2. The summed E-state index contributed by atoms with van der Waals surface area (Å²) >= 11 is 0. The molecule has 0 bridgehead atoms. The first-order valence-electron chi connectivity index (χ1n) is 4.27. The van der Waals surface area contributed by atoms with Crippen LogP contribution >= 0.6 is 0 Å². The number of methoxy groups -OCH3 is 1. The number of fused-ring (bicyclic) bond motifs is 1. The van der Waals surface area contributed by atoms with Gasteiger partial charge in [0.15, 0.2) is 6.10 Å². The summed E-state index contributed by atoms with van der Waals surface area (Å²) in [7, 11) is 1.56. The van der Waals surface area contributed by atoms with Gasteiger partial charge in [0.25, 0.3) is 0 Å². The van der Waals surface area contributed by atoms with E-state index >= 15 is 0 Å². The number of hydrogen-bond acceptors (Lipinski definition) is 3. The van der Waals surface area contributed by atoms with Gasteiger partial charge in [-0.3, -0.25) is 0 Å². The molecule has 0 aliphatic carbocycles. The summed E-state index contributed by atoms with van der Waals surface area (Å²) < 4.78 is 10.3. The maximum Gasteiger partial charge on any atom is 0.345 e. The minimum absolute atomic E-state index is 0.370.